The Hall–Kier alpha value is -2.27. The molecule has 0 aliphatic heterocycles. The van der Waals surface area contributed by atoms with Crippen molar-refractivity contribution in [2.75, 3.05) is 5.32 Å². The zero-order chi connectivity index (χ0) is 13.7. The summed E-state index contributed by atoms with van der Waals surface area (Å²) in [5.74, 6) is 0. The van der Waals surface area contributed by atoms with Gasteiger partial charge >= 0.3 is 0 Å². The number of nitrogens with one attached hydrogen (secondary N) is 1. The van der Waals surface area contributed by atoms with Crippen molar-refractivity contribution in [1.82, 2.24) is 0 Å². The highest BCUT2D eigenvalue weighted by Gasteiger charge is 2.04. The zero-order valence-corrected chi connectivity index (χ0v) is 11.4. The fourth-order valence-corrected chi connectivity index (χ4v) is 1.96. The Morgan fingerprint density at radius 2 is 1.79 bits per heavy atom. The van der Waals surface area contributed by atoms with Crippen molar-refractivity contribution in [3.8, 4) is 17.2 Å². The summed E-state index contributed by atoms with van der Waals surface area (Å²) < 4.78 is 0. The van der Waals surface area contributed by atoms with Gasteiger partial charge in [-0.05, 0) is 42.7 Å². The lowest BCUT2D eigenvalue weighted by molar-refractivity contribution is 0.764. The van der Waals surface area contributed by atoms with Gasteiger partial charge in [-0.25, -0.2) is 0 Å². The molecule has 0 radical (unpaired) electrons. The number of anilines is 1. The van der Waals surface area contributed by atoms with Crippen molar-refractivity contribution >= 4 is 5.69 Å². The van der Waals surface area contributed by atoms with Crippen molar-refractivity contribution in [3.05, 3.63) is 54.1 Å². The van der Waals surface area contributed by atoms with Gasteiger partial charge in [-0.15, -0.1) is 0 Å². The molecule has 1 N–H and O–H groups in total. The number of rotatable bonds is 4. The molecule has 2 aromatic rings. The van der Waals surface area contributed by atoms with Crippen LogP contribution >= 0.6 is 0 Å². The first-order chi connectivity index (χ1) is 9.24. The normalized spacial score (nSPS) is 11.6. The fourth-order valence-electron chi connectivity index (χ4n) is 1.96. The Labute approximate surface area is 114 Å². The van der Waals surface area contributed by atoms with Crippen LogP contribution in [0.2, 0.25) is 0 Å². The molecule has 0 saturated carbocycles. The quantitative estimate of drug-likeness (QED) is 0.871. The third-order valence-electron chi connectivity index (χ3n) is 3.27. The maximum absolute atomic E-state index is 9.12. The monoisotopic (exact) mass is 250 g/mol. The molecule has 2 aromatic carbocycles. The lowest BCUT2D eigenvalue weighted by atomic mass is 10.0. The van der Waals surface area contributed by atoms with Crippen LogP contribution in [0.3, 0.4) is 0 Å². The molecular formula is C17H18N2. The van der Waals surface area contributed by atoms with Gasteiger partial charge in [0.25, 0.3) is 0 Å². The predicted octanol–water partition coefficient (Wildman–Crippen LogP) is 4.44. The molecule has 2 heteroatoms. The molecule has 19 heavy (non-hydrogen) atoms. The van der Waals surface area contributed by atoms with E-state index in [1.165, 1.54) is 0 Å². The minimum absolute atomic E-state index is 0.470. The Morgan fingerprint density at radius 1 is 1.11 bits per heavy atom. The Balaban J connectivity index is 2.26. The van der Waals surface area contributed by atoms with E-state index in [1.807, 2.05) is 24.3 Å². The van der Waals surface area contributed by atoms with E-state index in [0.29, 0.717) is 11.6 Å². The van der Waals surface area contributed by atoms with Crippen LogP contribution in [0, 0.1) is 11.3 Å². The van der Waals surface area contributed by atoms with Crippen LogP contribution in [0.1, 0.15) is 25.8 Å². The molecule has 0 aromatic heterocycles. The maximum Gasteiger partial charge on any atom is 0.0998 e. The fraction of sp³-hybridized carbons (Fsp3) is 0.235. The SMILES string of the molecule is CCC(C)Nc1ccc(-c2ccccc2C#N)cc1. The number of nitriles is 1. The minimum atomic E-state index is 0.470. The summed E-state index contributed by atoms with van der Waals surface area (Å²) in [7, 11) is 0. The van der Waals surface area contributed by atoms with E-state index >= 15 is 0 Å². The van der Waals surface area contributed by atoms with Crippen molar-refractivity contribution < 1.29 is 0 Å². The van der Waals surface area contributed by atoms with Gasteiger partial charge in [0.15, 0.2) is 0 Å². The molecule has 0 fully saturated rings. The molecule has 2 rings (SSSR count). The summed E-state index contributed by atoms with van der Waals surface area (Å²) in [6.07, 6.45) is 1.10. The maximum atomic E-state index is 9.12. The molecule has 0 saturated heterocycles. The second-order valence-corrected chi connectivity index (χ2v) is 4.69. The van der Waals surface area contributed by atoms with Gasteiger partial charge in [0, 0.05) is 11.7 Å². The van der Waals surface area contributed by atoms with Crippen LogP contribution in [0.5, 0.6) is 0 Å². The average Bonchev–Trinajstić information content (AvgIpc) is 2.48. The first kappa shape index (κ1) is 13.2. The van der Waals surface area contributed by atoms with Crippen LogP contribution < -0.4 is 5.32 Å². The number of hydrogen-bond donors (Lipinski definition) is 1. The van der Waals surface area contributed by atoms with Crippen LogP contribution in [0.4, 0.5) is 5.69 Å². The molecule has 2 nitrogen and oxygen atoms in total. The molecule has 96 valence electrons. The lowest BCUT2D eigenvalue weighted by Crippen LogP contribution is -2.12. The third-order valence-corrected chi connectivity index (χ3v) is 3.27. The Kier molecular flexibility index (Phi) is 4.20. The molecule has 0 spiro atoms. The van der Waals surface area contributed by atoms with Gasteiger partial charge in [-0.2, -0.15) is 5.26 Å². The van der Waals surface area contributed by atoms with E-state index in [-0.39, 0.29) is 0 Å². The molecule has 0 amide bonds. The van der Waals surface area contributed by atoms with E-state index in [4.69, 9.17) is 5.26 Å². The largest absolute Gasteiger partial charge is 0.383 e. The summed E-state index contributed by atoms with van der Waals surface area (Å²) in [5, 5.41) is 12.6. The highest BCUT2D eigenvalue weighted by Crippen LogP contribution is 2.24. The van der Waals surface area contributed by atoms with Crippen LogP contribution in [0.15, 0.2) is 48.5 Å². The Morgan fingerprint density at radius 3 is 2.42 bits per heavy atom. The van der Waals surface area contributed by atoms with Gasteiger partial charge in [-0.1, -0.05) is 37.3 Å². The summed E-state index contributed by atoms with van der Waals surface area (Å²) in [4.78, 5) is 0. The van der Waals surface area contributed by atoms with Crippen molar-refractivity contribution in [2.45, 2.75) is 26.3 Å². The summed E-state index contributed by atoms with van der Waals surface area (Å²) >= 11 is 0. The molecule has 0 heterocycles. The summed E-state index contributed by atoms with van der Waals surface area (Å²) in [6, 6.07) is 18.6. The van der Waals surface area contributed by atoms with E-state index in [1.54, 1.807) is 0 Å². The van der Waals surface area contributed by atoms with Crippen LogP contribution in [0.25, 0.3) is 11.1 Å². The van der Waals surface area contributed by atoms with E-state index < -0.39 is 0 Å². The second kappa shape index (κ2) is 6.06. The number of benzene rings is 2. The van der Waals surface area contributed by atoms with E-state index in [2.05, 4.69) is 49.5 Å². The summed E-state index contributed by atoms with van der Waals surface area (Å²) in [5.41, 5.74) is 3.89. The van der Waals surface area contributed by atoms with Crippen molar-refractivity contribution in [2.24, 2.45) is 0 Å². The highest BCUT2D eigenvalue weighted by molar-refractivity contribution is 5.71. The second-order valence-electron chi connectivity index (χ2n) is 4.69. The summed E-state index contributed by atoms with van der Waals surface area (Å²) in [6.45, 7) is 4.33. The van der Waals surface area contributed by atoms with Gasteiger partial charge < -0.3 is 5.32 Å². The van der Waals surface area contributed by atoms with Crippen molar-refractivity contribution in [1.29, 1.82) is 5.26 Å². The minimum Gasteiger partial charge on any atom is -0.383 e. The van der Waals surface area contributed by atoms with Crippen LogP contribution in [-0.4, -0.2) is 6.04 Å². The van der Waals surface area contributed by atoms with Crippen LogP contribution in [-0.2, 0) is 0 Å². The molecule has 1 atom stereocenters. The zero-order valence-electron chi connectivity index (χ0n) is 11.4. The molecule has 0 aliphatic carbocycles. The first-order valence-electron chi connectivity index (χ1n) is 6.60. The van der Waals surface area contributed by atoms with Gasteiger partial charge in [-0.3, -0.25) is 0 Å². The predicted molar refractivity (Wildman–Crippen MR) is 80.0 cm³/mol. The molecule has 0 aliphatic rings. The lowest BCUT2D eigenvalue weighted by Gasteiger charge is -2.13. The number of hydrogen-bond acceptors (Lipinski definition) is 2. The molecule has 1 unspecified atom stereocenters. The first-order valence-corrected chi connectivity index (χ1v) is 6.60. The molecular weight excluding hydrogens is 232 g/mol. The third kappa shape index (κ3) is 3.14. The topological polar surface area (TPSA) is 35.8 Å². The van der Waals surface area contributed by atoms with E-state index in [9.17, 15) is 0 Å². The number of nitrogens with zero attached hydrogens (tertiary/aromatic N) is 1. The Bertz CT molecular complexity index is 579. The standard InChI is InChI=1S/C17H18N2/c1-3-13(2)19-16-10-8-14(9-11-16)17-7-5-4-6-15(17)12-18/h4-11,13,19H,3H2,1-2H3. The average molecular weight is 250 g/mol. The van der Waals surface area contributed by atoms with E-state index in [0.717, 1.165) is 23.2 Å². The van der Waals surface area contributed by atoms with Crippen molar-refractivity contribution in [3.63, 3.8) is 0 Å². The van der Waals surface area contributed by atoms with Gasteiger partial charge in [0.2, 0.25) is 0 Å². The van der Waals surface area contributed by atoms with Gasteiger partial charge in [0.1, 0.15) is 0 Å². The molecule has 0 bridgehead atoms. The smallest absolute Gasteiger partial charge is 0.0998 e. The highest BCUT2D eigenvalue weighted by atomic mass is 14.9. The van der Waals surface area contributed by atoms with Gasteiger partial charge in [0.05, 0.1) is 11.6 Å².